The Morgan fingerprint density at radius 3 is 2.40 bits per heavy atom. The quantitative estimate of drug-likeness (QED) is 0.581. The minimum atomic E-state index is 0.630. The molecule has 1 saturated carbocycles. The van der Waals surface area contributed by atoms with Crippen LogP contribution in [0.3, 0.4) is 0 Å². The largest absolute Gasteiger partial charge is 0.216 e. The highest BCUT2D eigenvalue weighted by atomic mass is 19.1. The SMILES string of the molecule is CCCC[C@H]1CC[C@H](c2ccc(C/C=C/F)cc2)CC1. The van der Waals surface area contributed by atoms with Gasteiger partial charge in [-0.15, -0.1) is 0 Å². The van der Waals surface area contributed by atoms with Crippen LogP contribution in [0.4, 0.5) is 4.39 Å². The van der Waals surface area contributed by atoms with Crippen molar-refractivity contribution in [2.24, 2.45) is 5.92 Å². The van der Waals surface area contributed by atoms with Crippen LogP contribution in [0.15, 0.2) is 36.7 Å². The molecule has 0 amide bonds. The van der Waals surface area contributed by atoms with E-state index in [2.05, 4.69) is 31.2 Å². The average Bonchev–Trinajstić information content (AvgIpc) is 2.52. The highest BCUT2D eigenvalue weighted by Gasteiger charge is 2.21. The molecule has 0 heterocycles. The zero-order chi connectivity index (χ0) is 14.2. The van der Waals surface area contributed by atoms with Gasteiger partial charge in [-0.1, -0.05) is 56.5 Å². The molecule has 1 heteroatoms. The molecule has 0 spiro atoms. The molecule has 2 rings (SSSR count). The topological polar surface area (TPSA) is 0 Å². The zero-order valence-electron chi connectivity index (χ0n) is 12.7. The Bertz CT molecular complexity index is 396. The van der Waals surface area contributed by atoms with Crippen molar-refractivity contribution in [1.29, 1.82) is 0 Å². The Kier molecular flexibility index (Phi) is 6.29. The van der Waals surface area contributed by atoms with Crippen LogP contribution in [0, 0.1) is 5.92 Å². The first kappa shape index (κ1) is 15.3. The third-order valence-electron chi connectivity index (χ3n) is 4.71. The molecule has 0 saturated heterocycles. The number of unbranched alkanes of at least 4 members (excludes halogenated alkanes) is 1. The van der Waals surface area contributed by atoms with Gasteiger partial charge >= 0.3 is 0 Å². The maximum atomic E-state index is 12.0. The average molecular weight is 274 g/mol. The first-order chi connectivity index (χ1) is 9.83. The Morgan fingerprint density at radius 1 is 1.10 bits per heavy atom. The molecular weight excluding hydrogens is 247 g/mol. The van der Waals surface area contributed by atoms with Gasteiger partial charge < -0.3 is 0 Å². The van der Waals surface area contributed by atoms with Gasteiger partial charge in [0.25, 0.3) is 0 Å². The van der Waals surface area contributed by atoms with Gasteiger partial charge in [0.05, 0.1) is 6.33 Å². The summed E-state index contributed by atoms with van der Waals surface area (Å²) in [7, 11) is 0. The summed E-state index contributed by atoms with van der Waals surface area (Å²) >= 11 is 0. The van der Waals surface area contributed by atoms with Crippen LogP contribution in [-0.2, 0) is 6.42 Å². The van der Waals surface area contributed by atoms with Crippen molar-refractivity contribution < 1.29 is 4.39 Å². The van der Waals surface area contributed by atoms with Crippen LogP contribution in [-0.4, -0.2) is 0 Å². The van der Waals surface area contributed by atoms with E-state index in [9.17, 15) is 4.39 Å². The van der Waals surface area contributed by atoms with Crippen molar-refractivity contribution in [3.63, 3.8) is 0 Å². The number of halogens is 1. The summed E-state index contributed by atoms with van der Waals surface area (Å²) in [5, 5.41) is 0. The van der Waals surface area contributed by atoms with Crippen molar-refractivity contribution in [2.45, 2.75) is 64.2 Å². The van der Waals surface area contributed by atoms with E-state index in [4.69, 9.17) is 0 Å². The van der Waals surface area contributed by atoms with Crippen LogP contribution in [0.1, 0.15) is 68.9 Å². The summed E-state index contributed by atoms with van der Waals surface area (Å²) in [4.78, 5) is 0. The molecule has 0 aromatic heterocycles. The van der Waals surface area contributed by atoms with Gasteiger partial charge in [0.1, 0.15) is 0 Å². The molecule has 1 aromatic rings. The smallest absolute Gasteiger partial charge is 0.0830 e. The van der Waals surface area contributed by atoms with Crippen molar-refractivity contribution >= 4 is 0 Å². The molecule has 0 bridgehead atoms. The summed E-state index contributed by atoms with van der Waals surface area (Å²) in [6.07, 6.45) is 12.5. The zero-order valence-corrected chi connectivity index (χ0v) is 12.7. The van der Waals surface area contributed by atoms with Crippen LogP contribution in [0.25, 0.3) is 0 Å². The Hall–Kier alpha value is -1.11. The van der Waals surface area contributed by atoms with Crippen LogP contribution in [0.2, 0.25) is 0 Å². The number of allylic oxidation sites excluding steroid dienone is 1. The standard InChI is InChI=1S/C19H27F/c1-2-3-5-16-7-11-18(12-8-16)19-13-9-17(10-14-19)6-4-15-20/h4,9-10,13-16,18H,2-3,5-8,11-12H2,1H3/b15-4+/t16-,18-. The van der Waals surface area contributed by atoms with E-state index in [0.717, 1.165) is 11.8 Å². The number of rotatable bonds is 6. The van der Waals surface area contributed by atoms with Gasteiger partial charge in [-0.2, -0.15) is 0 Å². The fourth-order valence-corrected chi connectivity index (χ4v) is 3.38. The van der Waals surface area contributed by atoms with E-state index in [1.165, 1.54) is 56.1 Å². The molecule has 1 aromatic carbocycles. The van der Waals surface area contributed by atoms with E-state index in [1.807, 2.05) is 0 Å². The van der Waals surface area contributed by atoms with Crippen molar-refractivity contribution in [3.8, 4) is 0 Å². The summed E-state index contributed by atoms with van der Waals surface area (Å²) < 4.78 is 12.0. The molecule has 1 aliphatic rings. The molecule has 0 aliphatic heterocycles. The second-order valence-corrected chi connectivity index (χ2v) is 6.17. The third-order valence-corrected chi connectivity index (χ3v) is 4.71. The van der Waals surface area contributed by atoms with Crippen LogP contribution >= 0.6 is 0 Å². The molecule has 0 radical (unpaired) electrons. The fourth-order valence-electron chi connectivity index (χ4n) is 3.38. The van der Waals surface area contributed by atoms with Crippen LogP contribution in [0.5, 0.6) is 0 Å². The van der Waals surface area contributed by atoms with Gasteiger partial charge in [0.15, 0.2) is 0 Å². The van der Waals surface area contributed by atoms with E-state index >= 15 is 0 Å². The highest BCUT2D eigenvalue weighted by Crippen LogP contribution is 2.37. The molecule has 110 valence electrons. The summed E-state index contributed by atoms with van der Waals surface area (Å²) in [5.41, 5.74) is 2.67. The third kappa shape index (κ3) is 4.47. The lowest BCUT2D eigenvalue weighted by Gasteiger charge is -2.29. The van der Waals surface area contributed by atoms with E-state index in [-0.39, 0.29) is 0 Å². The maximum absolute atomic E-state index is 12.0. The normalized spacial score (nSPS) is 23.3. The van der Waals surface area contributed by atoms with Crippen molar-refractivity contribution in [1.82, 2.24) is 0 Å². The molecular formula is C19H27F. The lowest BCUT2D eigenvalue weighted by atomic mass is 9.77. The predicted octanol–water partition coefficient (Wildman–Crippen LogP) is 6.18. The second-order valence-electron chi connectivity index (χ2n) is 6.17. The monoisotopic (exact) mass is 274 g/mol. The molecule has 0 N–H and O–H groups in total. The fraction of sp³-hybridized carbons (Fsp3) is 0.579. The first-order valence-electron chi connectivity index (χ1n) is 8.17. The molecule has 20 heavy (non-hydrogen) atoms. The van der Waals surface area contributed by atoms with Gasteiger partial charge in [0.2, 0.25) is 0 Å². The number of hydrogen-bond acceptors (Lipinski definition) is 0. The molecule has 1 fully saturated rings. The minimum Gasteiger partial charge on any atom is -0.216 e. The van der Waals surface area contributed by atoms with E-state index in [0.29, 0.717) is 12.8 Å². The highest BCUT2D eigenvalue weighted by molar-refractivity contribution is 5.27. The van der Waals surface area contributed by atoms with Gasteiger partial charge in [-0.3, -0.25) is 0 Å². The molecule has 0 nitrogen and oxygen atoms in total. The maximum Gasteiger partial charge on any atom is 0.0830 e. The van der Waals surface area contributed by atoms with E-state index in [1.54, 1.807) is 6.08 Å². The summed E-state index contributed by atoms with van der Waals surface area (Å²) in [6.45, 7) is 2.28. The first-order valence-corrected chi connectivity index (χ1v) is 8.17. The number of benzene rings is 1. The number of hydrogen-bond donors (Lipinski definition) is 0. The summed E-state index contributed by atoms with van der Waals surface area (Å²) in [5.74, 6) is 1.72. The molecule has 0 atom stereocenters. The van der Waals surface area contributed by atoms with Crippen molar-refractivity contribution in [3.05, 3.63) is 47.8 Å². The van der Waals surface area contributed by atoms with Gasteiger partial charge in [-0.25, -0.2) is 4.39 Å². The van der Waals surface area contributed by atoms with E-state index < -0.39 is 0 Å². The Morgan fingerprint density at radius 2 is 1.80 bits per heavy atom. The second kappa shape index (κ2) is 8.24. The van der Waals surface area contributed by atoms with Crippen LogP contribution < -0.4 is 0 Å². The Balaban J connectivity index is 1.84. The lowest BCUT2D eigenvalue weighted by molar-refractivity contribution is 0.304. The van der Waals surface area contributed by atoms with Gasteiger partial charge in [0, 0.05) is 0 Å². The van der Waals surface area contributed by atoms with Crippen molar-refractivity contribution in [2.75, 3.05) is 0 Å². The molecule has 1 aliphatic carbocycles. The molecule has 0 unspecified atom stereocenters. The Labute approximate surface area is 123 Å². The predicted molar refractivity (Wildman–Crippen MR) is 84.6 cm³/mol. The minimum absolute atomic E-state index is 0.630. The lowest BCUT2D eigenvalue weighted by Crippen LogP contribution is -2.13. The summed E-state index contributed by atoms with van der Waals surface area (Å²) in [6, 6.07) is 8.80. The van der Waals surface area contributed by atoms with Gasteiger partial charge in [-0.05, 0) is 55.1 Å².